The number of nitrogens with zero attached hydrogens (tertiary/aromatic N) is 4. The SMILES string of the molecule is Cc1c(-c2ccccc2)nn(-c2nc(C(=O)O)cs2)c1-c1ccc2c(ccn2C)c1. The first kappa shape index (κ1) is 18.3. The Morgan fingerprint density at radius 2 is 1.87 bits per heavy atom. The first-order chi connectivity index (χ1) is 14.5. The number of fused-ring (bicyclic) bond motifs is 1. The zero-order valence-corrected chi connectivity index (χ0v) is 17.2. The molecule has 0 amide bonds. The van der Waals surface area contributed by atoms with Gasteiger partial charge in [-0.3, -0.25) is 0 Å². The maximum absolute atomic E-state index is 11.4. The van der Waals surface area contributed by atoms with Crippen LogP contribution in [0.15, 0.2) is 66.2 Å². The van der Waals surface area contributed by atoms with Crippen LogP contribution in [0.1, 0.15) is 16.1 Å². The number of rotatable bonds is 4. The molecule has 3 heterocycles. The van der Waals surface area contributed by atoms with Gasteiger partial charge in [0.1, 0.15) is 0 Å². The van der Waals surface area contributed by atoms with Gasteiger partial charge < -0.3 is 9.67 Å². The van der Waals surface area contributed by atoms with Gasteiger partial charge in [0.05, 0.1) is 11.4 Å². The van der Waals surface area contributed by atoms with Gasteiger partial charge in [0.25, 0.3) is 0 Å². The molecule has 0 spiro atoms. The first-order valence-corrected chi connectivity index (χ1v) is 10.3. The molecule has 0 aliphatic heterocycles. The van der Waals surface area contributed by atoms with Crippen molar-refractivity contribution in [2.24, 2.45) is 7.05 Å². The molecule has 0 aliphatic rings. The van der Waals surface area contributed by atoms with Crippen LogP contribution in [0.4, 0.5) is 0 Å². The van der Waals surface area contributed by atoms with E-state index in [9.17, 15) is 9.90 Å². The summed E-state index contributed by atoms with van der Waals surface area (Å²) in [6, 6.07) is 18.4. The van der Waals surface area contributed by atoms with E-state index in [0.717, 1.165) is 39.0 Å². The van der Waals surface area contributed by atoms with E-state index in [0.29, 0.717) is 5.13 Å². The maximum Gasteiger partial charge on any atom is 0.355 e. The van der Waals surface area contributed by atoms with Crippen molar-refractivity contribution in [3.05, 3.63) is 77.4 Å². The zero-order valence-electron chi connectivity index (χ0n) is 16.4. The summed E-state index contributed by atoms with van der Waals surface area (Å²) in [5, 5.41) is 17.4. The van der Waals surface area contributed by atoms with E-state index in [1.807, 2.05) is 50.5 Å². The van der Waals surface area contributed by atoms with Crippen molar-refractivity contribution in [3.63, 3.8) is 0 Å². The fraction of sp³-hybridized carbons (Fsp3) is 0.0870. The van der Waals surface area contributed by atoms with Crippen LogP contribution < -0.4 is 0 Å². The molecule has 0 unspecified atom stereocenters. The van der Waals surface area contributed by atoms with Crippen molar-refractivity contribution in [1.82, 2.24) is 19.3 Å². The van der Waals surface area contributed by atoms with Crippen LogP contribution in [-0.4, -0.2) is 30.4 Å². The summed E-state index contributed by atoms with van der Waals surface area (Å²) >= 11 is 1.27. The van der Waals surface area contributed by atoms with Crippen LogP contribution in [0, 0.1) is 6.92 Å². The Morgan fingerprint density at radius 3 is 2.60 bits per heavy atom. The number of carboxylic acids is 1. The number of thiazole rings is 1. The highest BCUT2D eigenvalue weighted by molar-refractivity contribution is 7.12. The van der Waals surface area contributed by atoms with Gasteiger partial charge in [0.15, 0.2) is 5.69 Å². The van der Waals surface area contributed by atoms with E-state index in [1.54, 1.807) is 10.1 Å². The van der Waals surface area contributed by atoms with E-state index in [4.69, 9.17) is 5.10 Å². The Hall–Kier alpha value is -3.71. The second-order valence-corrected chi connectivity index (χ2v) is 7.96. The average molecular weight is 414 g/mol. The fourth-order valence-electron chi connectivity index (χ4n) is 3.73. The van der Waals surface area contributed by atoms with Gasteiger partial charge in [-0.25, -0.2) is 14.5 Å². The molecule has 7 heteroatoms. The molecule has 2 aromatic carbocycles. The quantitative estimate of drug-likeness (QED) is 0.441. The lowest BCUT2D eigenvalue weighted by Crippen LogP contribution is -2.02. The second-order valence-electron chi connectivity index (χ2n) is 7.12. The van der Waals surface area contributed by atoms with Crippen LogP contribution in [0.5, 0.6) is 0 Å². The minimum Gasteiger partial charge on any atom is -0.476 e. The minimum atomic E-state index is -1.04. The molecular formula is C23H18N4O2S. The molecule has 0 saturated carbocycles. The smallest absolute Gasteiger partial charge is 0.355 e. The highest BCUT2D eigenvalue weighted by atomic mass is 32.1. The van der Waals surface area contributed by atoms with Gasteiger partial charge in [0.2, 0.25) is 5.13 Å². The largest absolute Gasteiger partial charge is 0.476 e. The van der Waals surface area contributed by atoms with Gasteiger partial charge in [0, 0.05) is 46.2 Å². The molecule has 3 aromatic heterocycles. The molecule has 6 nitrogen and oxygen atoms in total. The van der Waals surface area contributed by atoms with Crippen LogP contribution >= 0.6 is 11.3 Å². The molecule has 5 aromatic rings. The van der Waals surface area contributed by atoms with Gasteiger partial charge in [-0.05, 0) is 25.1 Å². The standard InChI is InChI=1S/C23H18N4O2S/c1-14-20(15-6-4-3-5-7-15)25-27(23-24-18(13-30-23)22(28)29)21(14)17-8-9-19-16(12-17)10-11-26(19)2/h3-13H,1-2H3,(H,28,29). The van der Waals surface area contributed by atoms with E-state index in [1.165, 1.54) is 11.3 Å². The molecule has 5 rings (SSSR count). The summed E-state index contributed by atoms with van der Waals surface area (Å²) in [7, 11) is 2.02. The topological polar surface area (TPSA) is 72.9 Å². The molecule has 0 fully saturated rings. The Balaban J connectivity index is 1.76. The minimum absolute atomic E-state index is 0.0221. The van der Waals surface area contributed by atoms with Gasteiger partial charge in [-0.2, -0.15) is 5.10 Å². The number of carbonyl (C=O) groups is 1. The molecule has 30 heavy (non-hydrogen) atoms. The maximum atomic E-state index is 11.4. The van der Waals surface area contributed by atoms with E-state index in [2.05, 4.69) is 33.8 Å². The molecule has 0 saturated heterocycles. The third kappa shape index (κ3) is 2.91. The summed E-state index contributed by atoms with van der Waals surface area (Å²) in [5.74, 6) is -1.04. The Kier molecular flexibility index (Phi) is 4.25. The van der Waals surface area contributed by atoms with Gasteiger partial charge in [-0.1, -0.05) is 36.4 Å². The predicted octanol–water partition coefficient (Wildman–Crippen LogP) is 5.16. The van der Waals surface area contributed by atoms with Crippen molar-refractivity contribution in [2.45, 2.75) is 6.92 Å². The number of aromatic carboxylic acids is 1. The van der Waals surface area contributed by atoms with Crippen LogP contribution in [0.25, 0.3) is 38.5 Å². The molecule has 0 atom stereocenters. The molecule has 148 valence electrons. The highest BCUT2D eigenvalue weighted by Gasteiger charge is 2.21. The summed E-state index contributed by atoms with van der Waals surface area (Å²) in [5.41, 5.74) is 5.96. The molecule has 0 aliphatic carbocycles. The lowest BCUT2D eigenvalue weighted by Gasteiger charge is -2.07. The first-order valence-electron chi connectivity index (χ1n) is 9.42. The van der Waals surface area contributed by atoms with E-state index < -0.39 is 5.97 Å². The van der Waals surface area contributed by atoms with Crippen LogP contribution in [-0.2, 0) is 7.05 Å². The lowest BCUT2D eigenvalue weighted by atomic mass is 10.0. The summed E-state index contributed by atoms with van der Waals surface area (Å²) in [6.45, 7) is 2.04. The number of hydrogen-bond donors (Lipinski definition) is 1. The van der Waals surface area contributed by atoms with Crippen molar-refractivity contribution in [1.29, 1.82) is 0 Å². The number of hydrogen-bond acceptors (Lipinski definition) is 4. The zero-order chi connectivity index (χ0) is 20.8. The van der Waals surface area contributed by atoms with Crippen molar-refractivity contribution in [3.8, 4) is 27.6 Å². The highest BCUT2D eigenvalue weighted by Crippen LogP contribution is 2.35. The molecule has 0 radical (unpaired) electrons. The average Bonchev–Trinajstić information content (AvgIpc) is 3.46. The number of benzene rings is 2. The predicted molar refractivity (Wildman–Crippen MR) is 118 cm³/mol. The summed E-state index contributed by atoms with van der Waals surface area (Å²) in [6.07, 6.45) is 2.04. The van der Waals surface area contributed by atoms with Crippen molar-refractivity contribution < 1.29 is 9.90 Å². The third-order valence-electron chi connectivity index (χ3n) is 5.22. The number of carboxylic acid groups (broad SMARTS) is 1. The van der Waals surface area contributed by atoms with Crippen LogP contribution in [0.2, 0.25) is 0 Å². The summed E-state index contributed by atoms with van der Waals surface area (Å²) in [4.78, 5) is 15.7. The normalized spacial score (nSPS) is 11.3. The Bertz CT molecular complexity index is 1400. The number of aromatic nitrogens is 4. The number of aryl methyl sites for hydroxylation is 1. The third-order valence-corrected chi connectivity index (χ3v) is 6.04. The Morgan fingerprint density at radius 1 is 1.07 bits per heavy atom. The van der Waals surface area contributed by atoms with Crippen molar-refractivity contribution in [2.75, 3.05) is 0 Å². The van der Waals surface area contributed by atoms with Gasteiger partial charge in [-0.15, -0.1) is 11.3 Å². The molecule has 0 bridgehead atoms. The molecule has 1 N–H and O–H groups in total. The van der Waals surface area contributed by atoms with Crippen LogP contribution in [0.3, 0.4) is 0 Å². The molecular weight excluding hydrogens is 396 g/mol. The Labute approximate surface area is 176 Å². The van der Waals surface area contributed by atoms with E-state index >= 15 is 0 Å². The lowest BCUT2D eigenvalue weighted by molar-refractivity contribution is 0.0691. The van der Waals surface area contributed by atoms with Gasteiger partial charge >= 0.3 is 5.97 Å². The summed E-state index contributed by atoms with van der Waals surface area (Å²) < 4.78 is 3.84. The van der Waals surface area contributed by atoms with E-state index in [-0.39, 0.29) is 5.69 Å². The van der Waals surface area contributed by atoms with Crippen molar-refractivity contribution >= 4 is 28.2 Å². The second kappa shape index (κ2) is 6.96. The fourth-order valence-corrected chi connectivity index (χ4v) is 4.49. The monoisotopic (exact) mass is 414 g/mol.